The first-order chi connectivity index (χ1) is 9.89. The molecule has 0 spiro atoms. The number of hydrogen-bond donors (Lipinski definition) is 3. The van der Waals surface area contributed by atoms with E-state index in [0.717, 1.165) is 38.7 Å². The topological polar surface area (TPSA) is 84.6 Å². The summed E-state index contributed by atoms with van der Waals surface area (Å²) in [4.78, 5) is 12.7. The highest BCUT2D eigenvalue weighted by Gasteiger charge is 2.70. The summed E-state index contributed by atoms with van der Waals surface area (Å²) in [5, 5.41) is 12.9. The zero-order chi connectivity index (χ0) is 15.3. The van der Waals surface area contributed by atoms with Crippen LogP contribution in [0.3, 0.4) is 0 Å². The number of carbonyl (C=O) groups is 1. The molecule has 2 aliphatic carbocycles. The molecule has 5 nitrogen and oxygen atoms in total. The average Bonchev–Trinajstić information content (AvgIpc) is 2.89. The molecule has 3 rings (SSSR count). The molecule has 0 radical (unpaired) electrons. The van der Waals surface area contributed by atoms with Crippen LogP contribution < -0.4 is 11.1 Å². The quantitative estimate of drug-likeness (QED) is 0.725. The van der Waals surface area contributed by atoms with Crippen molar-refractivity contribution in [2.45, 2.75) is 63.7 Å². The molecular weight excluding hydrogens is 304 g/mol. The second kappa shape index (κ2) is 6.27. The Balaban J connectivity index is 0.00000176. The van der Waals surface area contributed by atoms with Gasteiger partial charge in [-0.3, -0.25) is 4.79 Å². The van der Waals surface area contributed by atoms with E-state index < -0.39 is 5.54 Å². The predicted octanol–water partition coefficient (Wildman–Crippen LogP) is 1.22. The molecule has 5 atom stereocenters. The van der Waals surface area contributed by atoms with Crippen LogP contribution in [0, 0.1) is 17.3 Å². The lowest BCUT2D eigenvalue weighted by molar-refractivity contribution is -0.225. The van der Waals surface area contributed by atoms with Crippen molar-refractivity contribution in [2.24, 2.45) is 23.0 Å². The fourth-order valence-corrected chi connectivity index (χ4v) is 4.66. The Morgan fingerprint density at radius 2 is 2.05 bits per heavy atom. The maximum absolute atomic E-state index is 12.7. The Morgan fingerprint density at radius 3 is 2.68 bits per heavy atom. The molecule has 1 saturated heterocycles. The predicted molar refractivity (Wildman–Crippen MR) is 86.8 cm³/mol. The van der Waals surface area contributed by atoms with Gasteiger partial charge >= 0.3 is 0 Å². The second-order valence-corrected chi connectivity index (χ2v) is 7.60. The molecule has 6 heteroatoms. The van der Waals surface area contributed by atoms with Crippen LogP contribution >= 0.6 is 12.4 Å². The number of aliphatic hydroxyl groups is 1. The number of hydrogen-bond acceptors (Lipinski definition) is 4. The number of nitrogens with one attached hydrogen (secondary N) is 1. The molecule has 1 heterocycles. The van der Waals surface area contributed by atoms with Gasteiger partial charge in [0.05, 0.1) is 12.2 Å². The standard InChI is InChI=1S/C16H28N2O3.ClH/c1-15(2)13-11(6-4-8-21-13)16(15,17)14(20)18-9-10-5-3-7-12(10)19;/h10-13,19H,3-9,17H2,1-2H3,(H,18,20);1H. The first kappa shape index (κ1) is 18.0. The van der Waals surface area contributed by atoms with E-state index in [0.29, 0.717) is 6.54 Å². The van der Waals surface area contributed by atoms with Gasteiger partial charge in [-0.2, -0.15) is 0 Å². The average molecular weight is 333 g/mol. The Bertz CT molecular complexity index is 432. The molecule has 0 aromatic carbocycles. The van der Waals surface area contributed by atoms with Crippen molar-refractivity contribution in [3.05, 3.63) is 0 Å². The Hall–Kier alpha value is -0.360. The minimum absolute atomic E-state index is 0. The third-order valence-corrected chi connectivity index (χ3v) is 6.20. The van der Waals surface area contributed by atoms with Crippen LogP contribution in [0.1, 0.15) is 46.0 Å². The van der Waals surface area contributed by atoms with Crippen LogP contribution in [0.2, 0.25) is 0 Å². The number of rotatable bonds is 3. The highest BCUT2D eigenvalue weighted by molar-refractivity contribution is 5.89. The molecule has 22 heavy (non-hydrogen) atoms. The van der Waals surface area contributed by atoms with Crippen molar-refractivity contribution < 1.29 is 14.6 Å². The van der Waals surface area contributed by atoms with Gasteiger partial charge in [0.15, 0.2) is 0 Å². The highest BCUT2D eigenvalue weighted by atomic mass is 35.5. The smallest absolute Gasteiger partial charge is 0.241 e. The molecule has 5 unspecified atom stereocenters. The molecular formula is C16H29ClN2O3. The number of ether oxygens (including phenoxy) is 1. The third kappa shape index (κ3) is 2.46. The minimum atomic E-state index is -0.846. The molecule has 0 aromatic heterocycles. The SMILES string of the molecule is CC1(C)C2OCCCC2C1(N)C(=O)NCC1CCCC1O.Cl. The summed E-state index contributed by atoms with van der Waals surface area (Å²) in [6.45, 7) is 5.37. The molecule has 128 valence electrons. The zero-order valence-corrected chi connectivity index (χ0v) is 14.3. The molecule has 0 bridgehead atoms. The van der Waals surface area contributed by atoms with Crippen molar-refractivity contribution in [2.75, 3.05) is 13.2 Å². The number of aliphatic hydroxyl groups excluding tert-OH is 1. The molecule has 2 saturated carbocycles. The van der Waals surface area contributed by atoms with Gasteiger partial charge in [-0.25, -0.2) is 0 Å². The fraction of sp³-hybridized carbons (Fsp3) is 0.938. The summed E-state index contributed by atoms with van der Waals surface area (Å²) in [5.41, 5.74) is 5.36. The molecule has 3 aliphatic rings. The largest absolute Gasteiger partial charge is 0.393 e. The van der Waals surface area contributed by atoms with Gasteiger partial charge in [0.25, 0.3) is 0 Å². The van der Waals surface area contributed by atoms with Crippen molar-refractivity contribution in [1.29, 1.82) is 0 Å². The van der Waals surface area contributed by atoms with E-state index in [4.69, 9.17) is 10.5 Å². The third-order valence-electron chi connectivity index (χ3n) is 6.20. The molecule has 4 N–H and O–H groups in total. The Morgan fingerprint density at radius 1 is 1.32 bits per heavy atom. The van der Waals surface area contributed by atoms with Gasteiger partial charge in [0.1, 0.15) is 5.54 Å². The first-order valence-corrected chi connectivity index (χ1v) is 8.26. The van der Waals surface area contributed by atoms with Gasteiger partial charge < -0.3 is 20.9 Å². The minimum Gasteiger partial charge on any atom is -0.393 e. The maximum atomic E-state index is 12.7. The lowest BCUT2D eigenvalue weighted by atomic mass is 9.46. The molecule has 1 aliphatic heterocycles. The Labute approximate surface area is 138 Å². The zero-order valence-electron chi connectivity index (χ0n) is 13.5. The van der Waals surface area contributed by atoms with E-state index in [-0.39, 0.29) is 47.8 Å². The molecule has 3 fully saturated rings. The lowest BCUT2D eigenvalue weighted by Gasteiger charge is -2.65. The Kier molecular flexibility index (Phi) is 5.12. The van der Waals surface area contributed by atoms with E-state index in [1.165, 1.54) is 0 Å². The molecule has 0 aromatic rings. The van der Waals surface area contributed by atoms with Gasteiger partial charge in [0.2, 0.25) is 5.91 Å². The van der Waals surface area contributed by atoms with Crippen molar-refractivity contribution in [1.82, 2.24) is 5.32 Å². The summed E-state index contributed by atoms with van der Waals surface area (Å²) in [5.74, 6) is 0.229. The van der Waals surface area contributed by atoms with Crippen LogP contribution in [0.25, 0.3) is 0 Å². The van der Waals surface area contributed by atoms with Crippen molar-refractivity contribution >= 4 is 18.3 Å². The molecule has 1 amide bonds. The first-order valence-electron chi connectivity index (χ1n) is 8.26. The van der Waals surface area contributed by atoms with Crippen LogP contribution in [0.4, 0.5) is 0 Å². The monoisotopic (exact) mass is 332 g/mol. The maximum Gasteiger partial charge on any atom is 0.241 e. The van der Waals surface area contributed by atoms with Crippen LogP contribution in [0.15, 0.2) is 0 Å². The normalized spacial score (nSPS) is 42.7. The van der Waals surface area contributed by atoms with E-state index >= 15 is 0 Å². The summed E-state index contributed by atoms with van der Waals surface area (Å²) >= 11 is 0. The number of halogens is 1. The fourth-order valence-electron chi connectivity index (χ4n) is 4.66. The highest BCUT2D eigenvalue weighted by Crippen LogP contribution is 2.57. The number of fused-ring (bicyclic) bond motifs is 1. The number of nitrogens with two attached hydrogens (primary N) is 1. The van der Waals surface area contributed by atoms with E-state index in [1.807, 2.05) is 13.8 Å². The summed E-state index contributed by atoms with van der Waals surface area (Å²) < 4.78 is 5.83. The van der Waals surface area contributed by atoms with Gasteiger partial charge in [-0.1, -0.05) is 20.3 Å². The second-order valence-electron chi connectivity index (χ2n) is 7.60. The summed E-state index contributed by atoms with van der Waals surface area (Å²) in [6.07, 6.45) is 4.63. The van der Waals surface area contributed by atoms with Gasteiger partial charge in [0, 0.05) is 30.4 Å². The lowest BCUT2D eigenvalue weighted by Crippen LogP contribution is -2.82. The number of carbonyl (C=O) groups excluding carboxylic acids is 1. The van der Waals surface area contributed by atoms with Crippen molar-refractivity contribution in [3.63, 3.8) is 0 Å². The summed E-state index contributed by atoms with van der Waals surface area (Å²) in [6, 6.07) is 0. The van der Waals surface area contributed by atoms with E-state index in [9.17, 15) is 9.90 Å². The van der Waals surface area contributed by atoms with Crippen LogP contribution in [0.5, 0.6) is 0 Å². The van der Waals surface area contributed by atoms with E-state index in [2.05, 4.69) is 5.32 Å². The van der Waals surface area contributed by atoms with Crippen molar-refractivity contribution in [3.8, 4) is 0 Å². The van der Waals surface area contributed by atoms with Gasteiger partial charge in [-0.15, -0.1) is 12.4 Å². The van der Waals surface area contributed by atoms with Gasteiger partial charge in [-0.05, 0) is 25.7 Å². The summed E-state index contributed by atoms with van der Waals surface area (Å²) in [7, 11) is 0. The van der Waals surface area contributed by atoms with Crippen LogP contribution in [-0.2, 0) is 9.53 Å². The number of amides is 1. The van der Waals surface area contributed by atoms with Crippen LogP contribution in [-0.4, -0.2) is 41.9 Å². The van der Waals surface area contributed by atoms with E-state index in [1.54, 1.807) is 0 Å².